The number of amidine groups is 1. The van der Waals surface area contributed by atoms with Gasteiger partial charge in [0.15, 0.2) is 10.7 Å². The topological polar surface area (TPSA) is 84.9 Å². The van der Waals surface area contributed by atoms with Crippen LogP contribution in [0, 0.1) is 0 Å². The maximum absolute atomic E-state index is 10.1. The first-order valence-corrected chi connectivity index (χ1v) is 3.12. The van der Waals surface area contributed by atoms with Gasteiger partial charge in [-0.05, 0) is 0 Å². The van der Waals surface area contributed by atoms with Gasteiger partial charge in [-0.15, -0.1) is 5.10 Å². The van der Waals surface area contributed by atoms with Crippen molar-refractivity contribution in [3.05, 3.63) is 0 Å². The van der Waals surface area contributed by atoms with Gasteiger partial charge < -0.3 is 5.73 Å². The summed E-state index contributed by atoms with van der Waals surface area (Å²) in [6, 6.07) is 0. The van der Waals surface area contributed by atoms with Gasteiger partial charge >= 0.3 is 0 Å². The van der Waals surface area contributed by atoms with Gasteiger partial charge in [0.25, 0.3) is 0 Å². The molecule has 2 N–H and O–H groups in total. The highest BCUT2D eigenvalue weighted by atomic mass is 32.2. The highest BCUT2D eigenvalue weighted by Gasteiger charge is 2.07. The zero-order valence-corrected chi connectivity index (χ0v) is 5.09. The smallest absolute Gasteiger partial charge is 0.226 e. The molecule has 0 fully saturated rings. The van der Waals surface area contributed by atoms with E-state index in [-0.39, 0.29) is 10.7 Å². The van der Waals surface area contributed by atoms with Crippen molar-refractivity contribution in [3.63, 3.8) is 0 Å². The van der Waals surface area contributed by atoms with Crippen LogP contribution in [0.25, 0.3) is 0 Å². The van der Waals surface area contributed by atoms with Crippen molar-refractivity contribution in [1.82, 2.24) is 0 Å². The van der Waals surface area contributed by atoms with Crippen molar-refractivity contribution < 1.29 is 8.42 Å². The van der Waals surface area contributed by atoms with Gasteiger partial charge in [-0.25, -0.2) is 0 Å². The lowest BCUT2D eigenvalue weighted by molar-refractivity contribution is 0.627. The molecule has 5 nitrogen and oxygen atoms in total. The zero-order valence-electron chi connectivity index (χ0n) is 4.27. The number of nitrogens with zero attached hydrogens (tertiary/aromatic N) is 2. The third kappa shape index (κ3) is 0.968. The lowest BCUT2D eigenvalue weighted by Crippen LogP contribution is -2.21. The van der Waals surface area contributed by atoms with E-state index >= 15 is 0 Å². The van der Waals surface area contributed by atoms with Crippen LogP contribution in [-0.2, 0) is 10.3 Å². The van der Waals surface area contributed by atoms with E-state index in [1.54, 1.807) is 0 Å². The molecule has 0 radical (unpaired) electrons. The average molecular weight is 145 g/mol. The Morgan fingerprint density at radius 1 is 1.56 bits per heavy atom. The summed E-state index contributed by atoms with van der Waals surface area (Å²) in [5.41, 5.74) is 5.07. The van der Waals surface area contributed by atoms with E-state index in [1.165, 1.54) is 0 Å². The van der Waals surface area contributed by atoms with Crippen molar-refractivity contribution in [2.24, 2.45) is 15.9 Å². The first-order valence-electron chi connectivity index (χ1n) is 2.05. The number of hydrogen-bond donors (Lipinski definition) is 1. The molecule has 0 unspecified atom stereocenters. The Bertz CT molecular complexity index is 302. The molecule has 1 heterocycles. The van der Waals surface area contributed by atoms with Gasteiger partial charge in [-0.1, -0.05) is 0 Å². The molecule has 0 amide bonds. The van der Waals surface area contributed by atoms with Crippen molar-refractivity contribution in [1.29, 1.82) is 0 Å². The Morgan fingerprint density at radius 2 is 2.22 bits per heavy atom. The summed E-state index contributed by atoms with van der Waals surface area (Å²) >= 11 is 0. The zero-order chi connectivity index (χ0) is 6.85. The van der Waals surface area contributed by atoms with Gasteiger partial charge in [0.2, 0.25) is 10.3 Å². The molecule has 48 valence electrons. The monoisotopic (exact) mass is 145 g/mol. The second-order valence-corrected chi connectivity index (χ2v) is 2.24. The Morgan fingerprint density at radius 3 is 2.44 bits per heavy atom. The first kappa shape index (κ1) is 5.96. The van der Waals surface area contributed by atoms with Crippen LogP contribution in [0.3, 0.4) is 0 Å². The Hall–Kier alpha value is -1.17. The molecule has 1 aliphatic rings. The van der Waals surface area contributed by atoms with Gasteiger partial charge in [0, 0.05) is 0 Å². The maximum Gasteiger partial charge on any atom is 0.226 e. The van der Waals surface area contributed by atoms with Crippen molar-refractivity contribution in [2.75, 3.05) is 0 Å². The second-order valence-electron chi connectivity index (χ2n) is 1.33. The van der Waals surface area contributed by atoms with E-state index in [0.29, 0.717) is 0 Å². The molecule has 0 aromatic heterocycles. The highest BCUT2D eigenvalue weighted by Crippen LogP contribution is 1.84. The summed E-state index contributed by atoms with van der Waals surface area (Å²) in [4.78, 5) is -0.0463. The number of rotatable bonds is 0. The minimum atomic E-state index is -2.31. The van der Waals surface area contributed by atoms with Crippen LogP contribution in [0.5, 0.6) is 0 Å². The Kier molecular flexibility index (Phi) is 1.31. The molecule has 0 aromatic carbocycles. The van der Waals surface area contributed by atoms with Crippen LogP contribution in [0.1, 0.15) is 0 Å². The van der Waals surface area contributed by atoms with E-state index in [0.717, 1.165) is 6.21 Å². The molecular weight excluding hydrogens is 142 g/mol. The molecule has 0 bridgehead atoms. The van der Waals surface area contributed by atoms with Crippen molar-refractivity contribution in [2.45, 2.75) is 0 Å². The van der Waals surface area contributed by atoms with Gasteiger partial charge in [0.1, 0.15) is 0 Å². The lowest BCUT2D eigenvalue weighted by atomic mass is 10.4. The largest absolute Gasteiger partial charge is 0.381 e. The van der Waals surface area contributed by atoms with Gasteiger partial charge in [-0.2, -0.15) is 13.5 Å². The molecule has 0 saturated carbocycles. The summed E-state index contributed by atoms with van der Waals surface area (Å²) in [5, 5.41) is 6.55. The van der Waals surface area contributed by atoms with Crippen molar-refractivity contribution >= 4 is 27.2 Å². The fourth-order valence-electron chi connectivity index (χ4n) is 0.387. The average Bonchev–Trinajstić information content (AvgIpc) is 2.13. The molecule has 6 heteroatoms. The van der Waals surface area contributed by atoms with Crippen LogP contribution in [0.4, 0.5) is 0 Å². The standard InChI is InChI=1S/C3H3N3O2S/c4-3-2(9(7)8)1-5-6-3/h1H,(H2,4,6). The van der Waals surface area contributed by atoms with Crippen LogP contribution < -0.4 is 5.73 Å². The van der Waals surface area contributed by atoms with E-state index < -0.39 is 10.3 Å². The van der Waals surface area contributed by atoms with E-state index in [4.69, 9.17) is 5.73 Å². The number of hydrogen-bond acceptors (Lipinski definition) is 5. The summed E-state index contributed by atoms with van der Waals surface area (Å²) in [6.45, 7) is 0. The van der Waals surface area contributed by atoms with Gasteiger partial charge in [0.05, 0.1) is 6.21 Å². The molecule has 1 rings (SSSR count). The summed E-state index contributed by atoms with van der Waals surface area (Å²) < 4.78 is 20.2. The van der Waals surface area contributed by atoms with Crippen LogP contribution in [0.2, 0.25) is 0 Å². The predicted octanol–water partition coefficient (Wildman–Crippen LogP) is -1.61. The number of nitrogens with two attached hydrogens (primary N) is 1. The Labute approximate surface area is 52.4 Å². The molecule has 0 aromatic rings. The summed E-state index contributed by atoms with van der Waals surface area (Å²) in [5.74, 6) is -0.0525. The molecule has 0 spiro atoms. The highest BCUT2D eigenvalue weighted by molar-refractivity contribution is 7.76. The second kappa shape index (κ2) is 1.98. The third-order valence-corrected chi connectivity index (χ3v) is 1.45. The SMILES string of the molecule is NC1=NN=CC1=S(=O)=O. The van der Waals surface area contributed by atoms with E-state index in [9.17, 15) is 8.42 Å². The summed E-state index contributed by atoms with van der Waals surface area (Å²) in [6.07, 6.45) is 1.10. The maximum atomic E-state index is 10.1. The van der Waals surface area contributed by atoms with E-state index in [2.05, 4.69) is 10.2 Å². The quantitative estimate of drug-likeness (QED) is 0.416. The minimum Gasteiger partial charge on any atom is -0.381 e. The molecular formula is C3H3N3O2S. The predicted molar refractivity (Wildman–Crippen MR) is 34.0 cm³/mol. The van der Waals surface area contributed by atoms with Crippen LogP contribution >= 0.6 is 0 Å². The first-order chi connectivity index (χ1) is 4.22. The van der Waals surface area contributed by atoms with E-state index in [1.807, 2.05) is 0 Å². The van der Waals surface area contributed by atoms with Gasteiger partial charge in [-0.3, -0.25) is 0 Å². The van der Waals surface area contributed by atoms with Crippen LogP contribution in [0.15, 0.2) is 10.2 Å². The fourth-order valence-corrected chi connectivity index (χ4v) is 0.732. The molecule has 0 atom stereocenters. The molecule has 9 heavy (non-hydrogen) atoms. The molecule has 0 saturated heterocycles. The summed E-state index contributed by atoms with van der Waals surface area (Å²) in [7, 11) is -2.31. The lowest BCUT2D eigenvalue weighted by Gasteiger charge is -1.79. The fraction of sp³-hybridized carbons (Fsp3) is 0. The molecule has 0 aliphatic carbocycles. The minimum absolute atomic E-state index is 0.0463. The van der Waals surface area contributed by atoms with Crippen LogP contribution in [-0.4, -0.2) is 25.3 Å². The molecule has 1 aliphatic heterocycles. The normalized spacial score (nSPS) is 16.0. The van der Waals surface area contributed by atoms with Crippen molar-refractivity contribution in [3.8, 4) is 0 Å². The third-order valence-electron chi connectivity index (χ3n) is 0.772. The Balaban J connectivity index is 3.32.